The van der Waals surface area contributed by atoms with Crippen molar-refractivity contribution in [2.75, 3.05) is 58.7 Å². The maximum Gasteiger partial charge on any atom is 0.231 e. The zero-order chi connectivity index (χ0) is 22.6. The topological polar surface area (TPSA) is 107 Å². The highest BCUT2D eigenvalue weighted by atomic mass is 35.5. The molecular weight excluding hydrogens is 499 g/mol. The number of ether oxygens (including phenoxy) is 5. The van der Waals surface area contributed by atoms with E-state index in [9.17, 15) is 5.11 Å². The van der Waals surface area contributed by atoms with Crippen molar-refractivity contribution in [3.8, 4) is 23.0 Å². The molecule has 1 aromatic heterocycles. The summed E-state index contributed by atoms with van der Waals surface area (Å²) in [7, 11) is 1.57. The van der Waals surface area contributed by atoms with E-state index >= 15 is 0 Å². The van der Waals surface area contributed by atoms with Gasteiger partial charge in [-0.1, -0.05) is 6.07 Å². The highest BCUT2D eigenvalue weighted by Gasteiger charge is 2.20. The van der Waals surface area contributed by atoms with E-state index in [1.807, 2.05) is 24.3 Å². The van der Waals surface area contributed by atoms with Gasteiger partial charge in [0, 0.05) is 31.1 Å². The number of fused-ring (bicyclic) bond motifs is 2. The number of anilines is 2. The first-order chi connectivity index (χ1) is 16.2. The van der Waals surface area contributed by atoms with E-state index < -0.39 is 6.10 Å². The lowest BCUT2D eigenvalue weighted by molar-refractivity contribution is 0.00446. The van der Waals surface area contributed by atoms with Crippen molar-refractivity contribution in [1.82, 2.24) is 14.9 Å². The lowest BCUT2D eigenvalue weighted by Crippen LogP contribution is -2.42. The molecular formula is C23H28Cl2N4O6. The molecule has 0 amide bonds. The molecule has 0 saturated carbocycles. The van der Waals surface area contributed by atoms with Gasteiger partial charge in [0.15, 0.2) is 23.0 Å². The van der Waals surface area contributed by atoms with Crippen molar-refractivity contribution in [1.29, 1.82) is 0 Å². The Kier molecular flexibility index (Phi) is 9.41. The second kappa shape index (κ2) is 12.3. The monoisotopic (exact) mass is 526 g/mol. The summed E-state index contributed by atoms with van der Waals surface area (Å²) in [5.41, 5.74) is 1.42. The van der Waals surface area contributed by atoms with Crippen LogP contribution in [0.25, 0.3) is 10.9 Å². The number of methoxy groups -OCH3 is 1. The Hall–Kier alpha value is -2.76. The molecule has 0 aliphatic carbocycles. The summed E-state index contributed by atoms with van der Waals surface area (Å²) in [6, 6.07) is 9.24. The van der Waals surface area contributed by atoms with Crippen LogP contribution in [0.2, 0.25) is 0 Å². The lowest BCUT2D eigenvalue weighted by Gasteiger charge is -2.28. The Balaban J connectivity index is 0.00000171. The van der Waals surface area contributed by atoms with Gasteiger partial charge in [-0.3, -0.25) is 4.90 Å². The third-order valence-electron chi connectivity index (χ3n) is 5.57. The summed E-state index contributed by atoms with van der Waals surface area (Å²) >= 11 is 0. The zero-order valence-corrected chi connectivity index (χ0v) is 20.8. The smallest absolute Gasteiger partial charge is 0.231 e. The van der Waals surface area contributed by atoms with E-state index in [1.54, 1.807) is 13.2 Å². The first-order valence-electron chi connectivity index (χ1n) is 10.8. The van der Waals surface area contributed by atoms with E-state index in [0.29, 0.717) is 54.1 Å². The Bertz CT molecular complexity index is 1130. The molecule has 1 fully saturated rings. The first-order valence-corrected chi connectivity index (χ1v) is 10.8. The second-order valence-corrected chi connectivity index (χ2v) is 7.78. The number of aliphatic hydroxyl groups excluding tert-OH is 1. The fraction of sp³-hybridized carbons (Fsp3) is 0.391. The molecule has 3 heterocycles. The molecule has 0 bridgehead atoms. The summed E-state index contributed by atoms with van der Waals surface area (Å²) in [5.74, 6) is 2.96. The van der Waals surface area contributed by atoms with Gasteiger partial charge in [-0.2, -0.15) is 0 Å². The number of aromatic nitrogens is 2. The molecule has 190 valence electrons. The predicted molar refractivity (Wildman–Crippen MR) is 135 cm³/mol. The average molecular weight is 527 g/mol. The normalized spacial score (nSPS) is 15.6. The van der Waals surface area contributed by atoms with E-state index in [4.69, 9.17) is 23.7 Å². The van der Waals surface area contributed by atoms with Crippen molar-refractivity contribution < 1.29 is 28.8 Å². The minimum absolute atomic E-state index is 0. The Morgan fingerprint density at radius 3 is 2.74 bits per heavy atom. The van der Waals surface area contributed by atoms with Crippen LogP contribution in [0.3, 0.4) is 0 Å². The third-order valence-corrected chi connectivity index (χ3v) is 5.57. The molecule has 35 heavy (non-hydrogen) atoms. The van der Waals surface area contributed by atoms with Crippen LogP contribution in [0.1, 0.15) is 0 Å². The van der Waals surface area contributed by atoms with Crippen LogP contribution < -0.4 is 24.3 Å². The van der Waals surface area contributed by atoms with E-state index in [-0.39, 0.29) is 38.2 Å². The molecule has 0 spiro atoms. The SMILES string of the molecule is COc1cc2c(Nc3cccc4c3OCO4)ncnc2cc1OCC(O)CN1CCOCC1.Cl.Cl. The molecule has 2 aliphatic heterocycles. The van der Waals surface area contributed by atoms with Gasteiger partial charge in [-0.15, -0.1) is 24.8 Å². The number of aliphatic hydroxyl groups is 1. The number of benzene rings is 2. The van der Waals surface area contributed by atoms with Crippen LogP contribution >= 0.6 is 24.8 Å². The molecule has 2 N–H and O–H groups in total. The number of halogens is 2. The zero-order valence-electron chi connectivity index (χ0n) is 19.1. The van der Waals surface area contributed by atoms with Crippen LogP contribution in [-0.2, 0) is 4.74 Å². The summed E-state index contributed by atoms with van der Waals surface area (Å²) in [6.45, 7) is 3.85. The van der Waals surface area contributed by atoms with Crippen LogP contribution in [0.4, 0.5) is 11.5 Å². The number of morpholine rings is 1. The number of para-hydroxylation sites is 1. The molecule has 2 aliphatic rings. The third kappa shape index (κ3) is 6.09. The highest BCUT2D eigenvalue weighted by molar-refractivity contribution is 5.93. The lowest BCUT2D eigenvalue weighted by atomic mass is 10.2. The van der Waals surface area contributed by atoms with Gasteiger partial charge >= 0.3 is 0 Å². The van der Waals surface area contributed by atoms with Crippen LogP contribution in [0.5, 0.6) is 23.0 Å². The summed E-state index contributed by atoms with van der Waals surface area (Å²) in [5, 5.41) is 14.5. The Morgan fingerprint density at radius 2 is 1.94 bits per heavy atom. The second-order valence-electron chi connectivity index (χ2n) is 7.78. The average Bonchev–Trinajstić information content (AvgIpc) is 3.33. The van der Waals surface area contributed by atoms with E-state index in [2.05, 4.69) is 20.2 Å². The first kappa shape index (κ1) is 26.8. The minimum atomic E-state index is -0.631. The van der Waals surface area contributed by atoms with Gasteiger partial charge in [0.25, 0.3) is 0 Å². The fourth-order valence-electron chi connectivity index (χ4n) is 3.91. The number of nitrogens with one attached hydrogen (secondary N) is 1. The summed E-state index contributed by atoms with van der Waals surface area (Å²) < 4.78 is 27.8. The van der Waals surface area contributed by atoms with Crippen LogP contribution in [0, 0.1) is 0 Å². The predicted octanol–water partition coefficient (Wildman–Crippen LogP) is 3.03. The van der Waals surface area contributed by atoms with Gasteiger partial charge in [0.2, 0.25) is 6.79 Å². The van der Waals surface area contributed by atoms with Gasteiger partial charge in [0.05, 0.1) is 31.5 Å². The van der Waals surface area contributed by atoms with E-state index in [1.165, 1.54) is 6.33 Å². The fourth-order valence-corrected chi connectivity index (χ4v) is 3.91. The number of nitrogens with zero attached hydrogens (tertiary/aromatic N) is 3. The molecule has 0 radical (unpaired) electrons. The largest absolute Gasteiger partial charge is 0.493 e. The molecule has 1 atom stereocenters. The summed E-state index contributed by atoms with van der Waals surface area (Å²) in [4.78, 5) is 10.9. The maximum atomic E-state index is 10.4. The van der Waals surface area contributed by atoms with Crippen molar-refractivity contribution in [2.24, 2.45) is 0 Å². The molecule has 2 aromatic carbocycles. The van der Waals surface area contributed by atoms with Gasteiger partial charge in [0.1, 0.15) is 24.9 Å². The number of β-amino-alcohol motifs (C(OH)–C–C–N with tert-alkyl or cyclic N) is 1. The standard InChI is InChI=1S/C23H26N4O6.2ClH/c1-29-20-9-16-18(10-21(20)31-12-15(28)11-27-5-7-30-8-6-27)24-13-25-23(16)26-17-3-2-4-19-22(17)33-14-32-19;;/h2-4,9-10,13,15,28H,5-8,11-12,14H2,1H3,(H,24,25,26);2*1H. The number of rotatable bonds is 8. The molecule has 12 heteroatoms. The quantitative estimate of drug-likeness (QED) is 0.454. The minimum Gasteiger partial charge on any atom is -0.493 e. The van der Waals surface area contributed by atoms with Crippen molar-refractivity contribution in [3.05, 3.63) is 36.7 Å². The van der Waals surface area contributed by atoms with Crippen LogP contribution in [-0.4, -0.2) is 79.4 Å². The maximum absolute atomic E-state index is 10.4. The van der Waals surface area contributed by atoms with E-state index in [0.717, 1.165) is 24.2 Å². The van der Waals surface area contributed by atoms with Gasteiger partial charge < -0.3 is 34.1 Å². The van der Waals surface area contributed by atoms with Gasteiger partial charge in [-0.05, 0) is 18.2 Å². The molecule has 3 aromatic rings. The van der Waals surface area contributed by atoms with Crippen molar-refractivity contribution in [2.45, 2.75) is 6.10 Å². The Labute approximate surface area is 215 Å². The van der Waals surface area contributed by atoms with Crippen molar-refractivity contribution in [3.63, 3.8) is 0 Å². The van der Waals surface area contributed by atoms with Crippen LogP contribution in [0.15, 0.2) is 36.7 Å². The molecule has 1 saturated heterocycles. The number of hydrogen-bond acceptors (Lipinski definition) is 10. The van der Waals surface area contributed by atoms with Crippen molar-refractivity contribution >= 4 is 47.2 Å². The number of hydrogen-bond donors (Lipinski definition) is 2. The molecule has 10 nitrogen and oxygen atoms in total. The summed E-state index contributed by atoms with van der Waals surface area (Å²) in [6.07, 6.45) is 0.850. The Morgan fingerprint density at radius 1 is 1.11 bits per heavy atom. The highest BCUT2D eigenvalue weighted by Crippen LogP contribution is 2.41. The van der Waals surface area contributed by atoms with Gasteiger partial charge in [-0.25, -0.2) is 9.97 Å². The molecule has 5 rings (SSSR count). The molecule has 1 unspecified atom stereocenters.